The molecule has 0 spiro atoms. The number of methoxy groups -OCH3 is 1. The Morgan fingerprint density at radius 3 is 2.51 bits per heavy atom. The van der Waals surface area contributed by atoms with Gasteiger partial charge in [0.05, 0.1) is 49.4 Å². The van der Waals surface area contributed by atoms with Gasteiger partial charge in [-0.3, -0.25) is 14.4 Å². The molecule has 0 aromatic carbocycles. The highest BCUT2D eigenvalue weighted by molar-refractivity contribution is 5.95. The first-order valence-corrected chi connectivity index (χ1v) is 14.3. The summed E-state index contributed by atoms with van der Waals surface area (Å²) in [5.41, 5.74) is -2.13. The van der Waals surface area contributed by atoms with Gasteiger partial charge in [-0.2, -0.15) is 0 Å². The normalized spacial score (nSPS) is 38.0. The smallest absolute Gasteiger partial charge is 0.333 e. The molecular formula is C32H40O9. The quantitative estimate of drug-likeness (QED) is 0.231. The van der Waals surface area contributed by atoms with Gasteiger partial charge in [0.15, 0.2) is 0 Å². The lowest BCUT2D eigenvalue weighted by molar-refractivity contribution is -0.254. The van der Waals surface area contributed by atoms with E-state index < -0.39 is 64.2 Å². The van der Waals surface area contributed by atoms with E-state index in [9.17, 15) is 24.3 Å². The maximum absolute atomic E-state index is 14.5. The lowest BCUT2D eigenvalue weighted by atomic mass is 9.38. The fourth-order valence-corrected chi connectivity index (χ4v) is 8.44. The fraction of sp³-hybridized carbons (Fsp3) is 0.625. The topological polar surface area (TPSA) is 129 Å². The molecule has 3 fully saturated rings. The highest BCUT2D eigenvalue weighted by atomic mass is 16.6. The molecule has 222 valence electrons. The largest absolute Gasteiger partial charge is 0.472 e. The van der Waals surface area contributed by atoms with E-state index in [0.29, 0.717) is 24.8 Å². The molecule has 1 N–H and O–H groups in total. The van der Waals surface area contributed by atoms with Crippen LogP contribution in [0.1, 0.15) is 85.3 Å². The Morgan fingerprint density at radius 2 is 1.90 bits per heavy atom. The maximum atomic E-state index is 14.5. The zero-order chi connectivity index (χ0) is 30.1. The van der Waals surface area contributed by atoms with Crippen LogP contribution in [0.15, 0.2) is 45.8 Å². The SMILES string of the molecule is CC=C(C)C(=O)O[C@H]1[C@H]2CC3=C4CC(=O)O[C@@H](c5ccoc5)[C@]4(C)CC[C@H]3[C@@](C)(C2=O)[C@@](O)(CC(=O)OC)C1(C)C. The average molecular weight is 569 g/mol. The van der Waals surface area contributed by atoms with Crippen LogP contribution >= 0.6 is 0 Å². The molecule has 7 atom stereocenters. The van der Waals surface area contributed by atoms with Crippen LogP contribution in [-0.2, 0) is 33.4 Å². The van der Waals surface area contributed by atoms with Crippen LogP contribution < -0.4 is 0 Å². The van der Waals surface area contributed by atoms with Crippen molar-refractivity contribution >= 4 is 23.7 Å². The van der Waals surface area contributed by atoms with Crippen molar-refractivity contribution in [3.63, 3.8) is 0 Å². The monoisotopic (exact) mass is 568 g/mol. The van der Waals surface area contributed by atoms with Crippen LogP contribution in [-0.4, -0.2) is 47.6 Å². The molecule has 1 aromatic rings. The summed E-state index contributed by atoms with van der Waals surface area (Å²) < 4.78 is 22.3. The molecule has 3 aliphatic carbocycles. The molecule has 1 aromatic heterocycles. The number of hydrogen-bond acceptors (Lipinski definition) is 9. The van der Waals surface area contributed by atoms with Crippen molar-refractivity contribution in [2.75, 3.05) is 7.11 Å². The minimum absolute atomic E-state index is 0.0641. The van der Waals surface area contributed by atoms with Crippen LogP contribution in [0.3, 0.4) is 0 Å². The molecule has 0 unspecified atom stereocenters. The van der Waals surface area contributed by atoms with Crippen LogP contribution in [0, 0.1) is 28.1 Å². The number of hydrogen-bond donors (Lipinski definition) is 1. The van der Waals surface area contributed by atoms with Crippen LogP contribution in [0.25, 0.3) is 0 Å². The van der Waals surface area contributed by atoms with Crippen molar-refractivity contribution in [3.8, 4) is 0 Å². The average Bonchev–Trinajstić information content (AvgIpc) is 3.46. The Kier molecular flexibility index (Phi) is 6.92. The summed E-state index contributed by atoms with van der Waals surface area (Å²) >= 11 is 0. The second-order valence-corrected chi connectivity index (χ2v) is 13.1. The number of ketones is 1. The Hall–Kier alpha value is -3.20. The molecule has 5 rings (SSSR count). The van der Waals surface area contributed by atoms with Crippen LogP contribution in [0.4, 0.5) is 0 Å². The van der Waals surface area contributed by atoms with E-state index in [1.807, 2.05) is 0 Å². The molecule has 0 amide bonds. The minimum Gasteiger partial charge on any atom is -0.472 e. The van der Waals surface area contributed by atoms with Crippen molar-refractivity contribution < 1.29 is 42.9 Å². The Morgan fingerprint density at radius 1 is 1.20 bits per heavy atom. The number of Topliss-reactive ketones (excluding diaryl/α,β-unsaturated/α-hetero) is 1. The van der Waals surface area contributed by atoms with Gasteiger partial charge in [0.2, 0.25) is 0 Å². The van der Waals surface area contributed by atoms with Crippen molar-refractivity contribution in [3.05, 3.63) is 47.0 Å². The van der Waals surface area contributed by atoms with E-state index in [-0.39, 0.29) is 18.2 Å². The molecule has 2 heterocycles. The zero-order valence-electron chi connectivity index (χ0n) is 24.9. The molecule has 2 saturated carbocycles. The van der Waals surface area contributed by atoms with E-state index in [0.717, 1.165) is 16.7 Å². The van der Waals surface area contributed by atoms with E-state index in [1.54, 1.807) is 59.3 Å². The minimum atomic E-state index is -1.92. The Labute approximate surface area is 240 Å². The van der Waals surface area contributed by atoms with Gasteiger partial charge in [-0.15, -0.1) is 0 Å². The number of aliphatic hydroxyl groups is 1. The molecule has 1 aliphatic heterocycles. The summed E-state index contributed by atoms with van der Waals surface area (Å²) in [6.45, 7) is 10.7. The van der Waals surface area contributed by atoms with Gasteiger partial charge >= 0.3 is 17.9 Å². The highest BCUT2D eigenvalue weighted by Gasteiger charge is 2.75. The van der Waals surface area contributed by atoms with Gasteiger partial charge in [0.25, 0.3) is 0 Å². The Bertz CT molecular complexity index is 1350. The van der Waals surface area contributed by atoms with E-state index in [2.05, 4.69) is 6.92 Å². The van der Waals surface area contributed by atoms with Crippen molar-refractivity contribution in [1.82, 2.24) is 0 Å². The number of fused-ring (bicyclic) bond motifs is 5. The molecule has 9 nitrogen and oxygen atoms in total. The molecule has 0 radical (unpaired) electrons. The molecule has 4 aliphatic rings. The summed E-state index contributed by atoms with van der Waals surface area (Å²) in [5, 5.41) is 12.7. The van der Waals surface area contributed by atoms with Crippen molar-refractivity contribution in [2.24, 2.45) is 28.1 Å². The van der Waals surface area contributed by atoms with E-state index >= 15 is 0 Å². The third-order valence-electron chi connectivity index (χ3n) is 11.0. The molecular weight excluding hydrogens is 528 g/mol. The summed E-state index contributed by atoms with van der Waals surface area (Å²) in [4.78, 5) is 53.4. The molecule has 9 heteroatoms. The first-order chi connectivity index (χ1) is 19.2. The number of carbonyl (C=O) groups excluding carboxylic acids is 4. The predicted octanol–water partition coefficient (Wildman–Crippen LogP) is 4.79. The second-order valence-electron chi connectivity index (χ2n) is 13.1. The van der Waals surface area contributed by atoms with Crippen LogP contribution in [0.5, 0.6) is 0 Å². The summed E-state index contributed by atoms with van der Waals surface area (Å²) in [6, 6.07) is 1.79. The standard InChI is InChI=1S/C32H40O9/c1-8-17(2)28(36)41-27-20-13-19-21(31(6,25(20)35)32(37,29(27,3)4)15-24(34)38-7)9-11-30(5)22(19)14-23(33)40-26(30)18-10-12-39-16-18/h8,10,12,16,20-21,26-27,37H,9,11,13-15H2,1-7H3/t20-,21+,26-,27-,30+,31-,32+/m0/s1. The molecule has 2 bridgehead atoms. The summed E-state index contributed by atoms with van der Waals surface area (Å²) in [6.07, 6.45) is 4.22. The number of cyclic esters (lactones) is 1. The number of rotatable bonds is 5. The second kappa shape index (κ2) is 9.68. The van der Waals surface area contributed by atoms with Gasteiger partial charge in [-0.25, -0.2) is 4.79 Å². The third kappa shape index (κ3) is 3.91. The van der Waals surface area contributed by atoms with Crippen molar-refractivity contribution in [1.29, 1.82) is 0 Å². The molecule has 1 saturated heterocycles. The van der Waals surface area contributed by atoms with E-state index in [1.165, 1.54) is 7.11 Å². The Balaban J connectivity index is 1.72. The van der Waals surface area contributed by atoms with E-state index in [4.69, 9.17) is 18.6 Å². The van der Waals surface area contributed by atoms with Gasteiger partial charge < -0.3 is 23.7 Å². The van der Waals surface area contributed by atoms with Gasteiger partial charge in [-0.05, 0) is 57.6 Å². The van der Waals surface area contributed by atoms with Gasteiger partial charge in [0.1, 0.15) is 18.0 Å². The number of ether oxygens (including phenoxy) is 3. The number of esters is 3. The maximum Gasteiger partial charge on any atom is 0.333 e. The number of allylic oxidation sites excluding steroid dienone is 2. The molecule has 41 heavy (non-hydrogen) atoms. The van der Waals surface area contributed by atoms with Crippen molar-refractivity contribution in [2.45, 2.75) is 91.5 Å². The van der Waals surface area contributed by atoms with Gasteiger partial charge in [-0.1, -0.05) is 32.4 Å². The summed E-state index contributed by atoms with van der Waals surface area (Å²) in [5.74, 6) is -3.05. The summed E-state index contributed by atoms with van der Waals surface area (Å²) in [7, 11) is 1.24. The lowest BCUT2D eigenvalue weighted by Crippen LogP contribution is -2.76. The number of furan rings is 1. The number of carbonyl (C=O) groups is 4. The van der Waals surface area contributed by atoms with Gasteiger partial charge in [0, 0.05) is 22.0 Å². The first kappa shape index (κ1) is 29.3. The first-order valence-electron chi connectivity index (χ1n) is 14.3. The fourth-order valence-electron chi connectivity index (χ4n) is 8.44. The lowest BCUT2D eigenvalue weighted by Gasteiger charge is -2.67. The zero-order valence-corrected chi connectivity index (χ0v) is 24.9. The third-order valence-corrected chi connectivity index (χ3v) is 11.0. The highest BCUT2D eigenvalue weighted by Crippen LogP contribution is 2.69. The van der Waals surface area contributed by atoms with Crippen LogP contribution in [0.2, 0.25) is 0 Å². The predicted molar refractivity (Wildman–Crippen MR) is 146 cm³/mol.